The lowest BCUT2D eigenvalue weighted by molar-refractivity contribution is 0.0383. The number of methoxy groups -OCH3 is 2. The average molecular weight is 263 g/mol. The molecule has 0 aliphatic heterocycles. The van der Waals surface area contributed by atoms with Crippen molar-refractivity contribution in [2.75, 3.05) is 14.2 Å². The lowest BCUT2D eigenvalue weighted by atomic mass is 9.91. The van der Waals surface area contributed by atoms with Gasteiger partial charge in [0.2, 0.25) is 0 Å². The van der Waals surface area contributed by atoms with Gasteiger partial charge in [-0.1, -0.05) is 31.0 Å². The number of para-hydroxylation sites is 1. The van der Waals surface area contributed by atoms with Crippen LogP contribution >= 0.6 is 0 Å². The number of rotatable bonds is 5. The fraction of sp³-hybridized carbons (Fsp3) is 0.625. The first kappa shape index (κ1) is 14.4. The van der Waals surface area contributed by atoms with Crippen molar-refractivity contribution in [2.24, 2.45) is 0 Å². The molecule has 2 unspecified atom stereocenters. The van der Waals surface area contributed by atoms with Crippen molar-refractivity contribution in [1.29, 1.82) is 0 Å². The van der Waals surface area contributed by atoms with E-state index in [-0.39, 0.29) is 6.04 Å². The Balaban J connectivity index is 2.05. The van der Waals surface area contributed by atoms with Crippen LogP contribution in [0.1, 0.15) is 44.2 Å². The molecule has 106 valence electrons. The summed E-state index contributed by atoms with van der Waals surface area (Å²) in [6, 6.07) is 8.93. The highest BCUT2D eigenvalue weighted by Crippen LogP contribution is 2.28. The highest BCUT2D eigenvalue weighted by Gasteiger charge is 2.26. The summed E-state index contributed by atoms with van der Waals surface area (Å²) in [4.78, 5) is 0. The second kappa shape index (κ2) is 6.92. The number of hydrogen-bond donors (Lipinski definition) is 1. The van der Waals surface area contributed by atoms with Gasteiger partial charge in [-0.25, -0.2) is 0 Å². The Kier molecular flexibility index (Phi) is 5.23. The molecule has 1 aliphatic carbocycles. The summed E-state index contributed by atoms with van der Waals surface area (Å²) in [6.07, 6.45) is 5.26. The maximum absolute atomic E-state index is 5.60. The predicted octanol–water partition coefficient (Wildman–Crippen LogP) is 3.30. The van der Waals surface area contributed by atoms with E-state index in [4.69, 9.17) is 9.47 Å². The fourth-order valence-electron chi connectivity index (χ4n) is 3.00. The Morgan fingerprint density at radius 1 is 1.16 bits per heavy atom. The second-order valence-corrected chi connectivity index (χ2v) is 5.30. The van der Waals surface area contributed by atoms with Crippen LogP contribution in [-0.2, 0) is 4.74 Å². The Morgan fingerprint density at radius 2 is 1.89 bits per heavy atom. The molecular formula is C16H25NO2. The van der Waals surface area contributed by atoms with Crippen LogP contribution in [0, 0.1) is 0 Å². The smallest absolute Gasteiger partial charge is 0.123 e. The third-order valence-electron chi connectivity index (χ3n) is 4.07. The van der Waals surface area contributed by atoms with Gasteiger partial charge < -0.3 is 14.8 Å². The zero-order valence-corrected chi connectivity index (χ0v) is 12.2. The molecule has 0 aromatic heterocycles. The van der Waals surface area contributed by atoms with Crippen LogP contribution in [-0.4, -0.2) is 26.4 Å². The molecule has 0 radical (unpaired) electrons. The van der Waals surface area contributed by atoms with Crippen LogP contribution in [0.15, 0.2) is 24.3 Å². The van der Waals surface area contributed by atoms with Gasteiger partial charge in [-0.2, -0.15) is 0 Å². The summed E-state index contributed by atoms with van der Waals surface area (Å²) in [5.74, 6) is 0.951. The van der Waals surface area contributed by atoms with Gasteiger partial charge in [-0.3, -0.25) is 0 Å². The molecule has 0 amide bonds. The van der Waals surface area contributed by atoms with E-state index in [0.29, 0.717) is 12.1 Å². The van der Waals surface area contributed by atoms with Gasteiger partial charge in [0.25, 0.3) is 0 Å². The van der Waals surface area contributed by atoms with Crippen LogP contribution in [0.3, 0.4) is 0 Å². The van der Waals surface area contributed by atoms with Crippen LogP contribution in [0.25, 0.3) is 0 Å². The first-order valence-corrected chi connectivity index (χ1v) is 7.18. The summed E-state index contributed by atoms with van der Waals surface area (Å²) in [5.41, 5.74) is 1.21. The Labute approximate surface area is 116 Å². The minimum Gasteiger partial charge on any atom is -0.496 e. The van der Waals surface area contributed by atoms with Gasteiger partial charge in [-0.05, 0) is 25.8 Å². The molecule has 1 fully saturated rings. The number of ether oxygens (including phenoxy) is 2. The topological polar surface area (TPSA) is 30.5 Å². The van der Waals surface area contributed by atoms with Crippen molar-refractivity contribution in [3.63, 3.8) is 0 Å². The zero-order chi connectivity index (χ0) is 13.7. The normalized spacial score (nSPS) is 25.0. The minimum atomic E-state index is 0.275. The van der Waals surface area contributed by atoms with Gasteiger partial charge in [0, 0.05) is 24.8 Å². The van der Waals surface area contributed by atoms with E-state index in [1.165, 1.54) is 24.8 Å². The zero-order valence-electron chi connectivity index (χ0n) is 12.2. The summed E-state index contributed by atoms with van der Waals surface area (Å²) in [7, 11) is 3.54. The molecule has 1 saturated carbocycles. The van der Waals surface area contributed by atoms with Crippen molar-refractivity contribution in [1.82, 2.24) is 5.32 Å². The maximum Gasteiger partial charge on any atom is 0.123 e. The van der Waals surface area contributed by atoms with E-state index in [0.717, 1.165) is 12.2 Å². The van der Waals surface area contributed by atoms with E-state index in [9.17, 15) is 0 Å². The molecule has 1 aromatic carbocycles. The first-order valence-electron chi connectivity index (χ1n) is 7.18. The highest BCUT2D eigenvalue weighted by atomic mass is 16.5. The van der Waals surface area contributed by atoms with Crippen molar-refractivity contribution in [2.45, 2.75) is 50.8 Å². The third-order valence-corrected chi connectivity index (χ3v) is 4.07. The van der Waals surface area contributed by atoms with Gasteiger partial charge in [0.05, 0.1) is 13.2 Å². The Hall–Kier alpha value is -1.06. The molecule has 3 nitrogen and oxygen atoms in total. The second-order valence-electron chi connectivity index (χ2n) is 5.30. The standard InChI is InChI=1S/C16H25NO2/c1-12(13-8-4-6-10-15(13)18-2)17-14-9-5-7-11-16(14)19-3/h4,6,8,10,12,14,16-17H,5,7,9,11H2,1-3H3/t12-,14?,16?/m0/s1. The summed E-state index contributed by atoms with van der Waals surface area (Å²) < 4.78 is 11.0. The monoisotopic (exact) mass is 263 g/mol. The maximum atomic E-state index is 5.60. The molecule has 1 aromatic rings. The lowest BCUT2D eigenvalue weighted by Crippen LogP contribution is -2.44. The van der Waals surface area contributed by atoms with E-state index < -0.39 is 0 Å². The average Bonchev–Trinajstić information content (AvgIpc) is 2.47. The molecular weight excluding hydrogens is 238 g/mol. The van der Waals surface area contributed by atoms with E-state index in [2.05, 4.69) is 24.4 Å². The lowest BCUT2D eigenvalue weighted by Gasteiger charge is -2.33. The van der Waals surface area contributed by atoms with Crippen LogP contribution in [0.5, 0.6) is 5.75 Å². The predicted molar refractivity (Wildman–Crippen MR) is 77.6 cm³/mol. The molecule has 0 heterocycles. The van der Waals surface area contributed by atoms with Crippen LogP contribution in [0.2, 0.25) is 0 Å². The molecule has 19 heavy (non-hydrogen) atoms. The first-order chi connectivity index (χ1) is 9.26. The Morgan fingerprint density at radius 3 is 2.63 bits per heavy atom. The molecule has 0 bridgehead atoms. The largest absolute Gasteiger partial charge is 0.496 e. The summed E-state index contributed by atoms with van der Waals surface area (Å²) >= 11 is 0. The van der Waals surface area contributed by atoms with Gasteiger partial charge in [-0.15, -0.1) is 0 Å². The molecule has 3 atom stereocenters. The molecule has 0 saturated heterocycles. The van der Waals surface area contributed by atoms with Gasteiger partial charge >= 0.3 is 0 Å². The number of nitrogens with one attached hydrogen (secondary N) is 1. The molecule has 2 rings (SSSR count). The van der Waals surface area contributed by atoms with Crippen LogP contribution < -0.4 is 10.1 Å². The highest BCUT2D eigenvalue weighted by molar-refractivity contribution is 5.35. The number of benzene rings is 1. The van der Waals surface area contributed by atoms with Crippen molar-refractivity contribution in [3.8, 4) is 5.75 Å². The fourth-order valence-corrected chi connectivity index (χ4v) is 3.00. The van der Waals surface area contributed by atoms with Crippen molar-refractivity contribution in [3.05, 3.63) is 29.8 Å². The molecule has 3 heteroatoms. The number of hydrogen-bond acceptors (Lipinski definition) is 3. The van der Waals surface area contributed by atoms with Gasteiger partial charge in [0.15, 0.2) is 0 Å². The van der Waals surface area contributed by atoms with Crippen LogP contribution in [0.4, 0.5) is 0 Å². The van der Waals surface area contributed by atoms with Gasteiger partial charge in [0.1, 0.15) is 5.75 Å². The summed E-state index contributed by atoms with van der Waals surface area (Å²) in [6.45, 7) is 2.19. The summed E-state index contributed by atoms with van der Waals surface area (Å²) in [5, 5.41) is 3.71. The Bertz CT molecular complexity index is 394. The van der Waals surface area contributed by atoms with E-state index in [1.54, 1.807) is 7.11 Å². The minimum absolute atomic E-state index is 0.275. The van der Waals surface area contributed by atoms with E-state index in [1.807, 2.05) is 19.2 Å². The molecule has 1 N–H and O–H groups in total. The molecule has 1 aliphatic rings. The molecule has 0 spiro atoms. The van der Waals surface area contributed by atoms with E-state index >= 15 is 0 Å². The quantitative estimate of drug-likeness (QED) is 0.884. The van der Waals surface area contributed by atoms with Crippen molar-refractivity contribution < 1.29 is 9.47 Å². The third kappa shape index (κ3) is 3.48. The SMILES string of the molecule is COc1ccccc1[C@H](C)NC1CCCCC1OC. The van der Waals surface area contributed by atoms with Crippen molar-refractivity contribution >= 4 is 0 Å².